The van der Waals surface area contributed by atoms with E-state index in [2.05, 4.69) is 4.98 Å². The van der Waals surface area contributed by atoms with Gasteiger partial charge in [-0.2, -0.15) is 0 Å². The predicted molar refractivity (Wildman–Crippen MR) is 54.2 cm³/mol. The van der Waals surface area contributed by atoms with Crippen LogP contribution in [0.25, 0.3) is 5.65 Å². The normalized spacial score (nSPS) is 13.5. The van der Waals surface area contributed by atoms with E-state index in [0.717, 1.165) is 11.3 Å². The van der Waals surface area contributed by atoms with E-state index in [1.54, 1.807) is 0 Å². The lowest BCUT2D eigenvalue weighted by Gasteiger charge is -2.03. The topological polar surface area (TPSA) is 17.3 Å². The summed E-state index contributed by atoms with van der Waals surface area (Å²) in [5.41, 5.74) is 3.21. The number of imidazole rings is 1. The number of alkyl halides is 1. The minimum absolute atomic E-state index is 0.00296. The summed E-state index contributed by atoms with van der Waals surface area (Å²) >= 11 is 6.01. The predicted octanol–water partition coefficient (Wildman–Crippen LogP) is 2.94. The van der Waals surface area contributed by atoms with Crippen LogP contribution >= 0.6 is 11.6 Å². The van der Waals surface area contributed by atoms with Gasteiger partial charge in [-0.15, -0.1) is 11.6 Å². The molecule has 0 aliphatic rings. The summed E-state index contributed by atoms with van der Waals surface area (Å²) in [6.45, 7) is 4.00. The number of aryl methyl sites for hydroxylation is 1. The maximum Gasteiger partial charge on any atom is 0.139 e. The number of halogens is 1. The van der Waals surface area contributed by atoms with Crippen molar-refractivity contribution in [3.63, 3.8) is 0 Å². The molecule has 2 aromatic rings. The molecule has 0 fully saturated rings. The largest absolute Gasteiger partial charge is 0.302 e. The minimum atomic E-state index is -0.00296. The SMILES string of the molecule is Cc1cccn2c([C@H](C)Cl)cnc12. The molecule has 0 N–H and O–H groups in total. The maximum absolute atomic E-state index is 6.01. The lowest BCUT2D eigenvalue weighted by atomic mass is 10.3. The van der Waals surface area contributed by atoms with Crippen LogP contribution in [0.3, 0.4) is 0 Å². The Morgan fingerprint density at radius 1 is 1.54 bits per heavy atom. The Morgan fingerprint density at radius 2 is 2.31 bits per heavy atom. The van der Waals surface area contributed by atoms with Gasteiger partial charge in [0.25, 0.3) is 0 Å². The first-order valence-electron chi connectivity index (χ1n) is 4.27. The molecule has 68 valence electrons. The van der Waals surface area contributed by atoms with E-state index in [-0.39, 0.29) is 5.38 Å². The molecule has 0 saturated heterocycles. The number of rotatable bonds is 1. The fraction of sp³-hybridized carbons (Fsp3) is 0.300. The Hall–Kier alpha value is -1.02. The third-order valence-corrected chi connectivity index (χ3v) is 2.39. The third-order valence-electron chi connectivity index (χ3n) is 2.17. The average Bonchev–Trinajstić information content (AvgIpc) is 2.48. The van der Waals surface area contributed by atoms with Crippen LogP contribution in [0, 0.1) is 6.92 Å². The van der Waals surface area contributed by atoms with Gasteiger partial charge in [0.1, 0.15) is 5.65 Å². The number of hydrogen-bond donors (Lipinski definition) is 0. The molecule has 2 nitrogen and oxygen atoms in total. The van der Waals surface area contributed by atoms with Crippen LogP contribution in [0.15, 0.2) is 24.5 Å². The summed E-state index contributed by atoms with van der Waals surface area (Å²) in [7, 11) is 0. The fourth-order valence-electron chi connectivity index (χ4n) is 1.46. The van der Waals surface area contributed by atoms with Crippen molar-refractivity contribution >= 4 is 17.2 Å². The average molecular weight is 195 g/mol. The number of aromatic nitrogens is 2. The van der Waals surface area contributed by atoms with E-state index in [4.69, 9.17) is 11.6 Å². The summed E-state index contributed by atoms with van der Waals surface area (Å²) in [5.74, 6) is 0. The van der Waals surface area contributed by atoms with Crippen LogP contribution in [0.2, 0.25) is 0 Å². The molecule has 2 heterocycles. The minimum Gasteiger partial charge on any atom is -0.302 e. The summed E-state index contributed by atoms with van der Waals surface area (Å²) in [6.07, 6.45) is 3.82. The van der Waals surface area contributed by atoms with Gasteiger partial charge in [-0.25, -0.2) is 4.98 Å². The number of nitrogens with zero attached hydrogens (tertiary/aromatic N) is 2. The molecule has 0 radical (unpaired) electrons. The van der Waals surface area contributed by atoms with Gasteiger partial charge in [0, 0.05) is 6.20 Å². The van der Waals surface area contributed by atoms with Crippen molar-refractivity contribution in [2.45, 2.75) is 19.2 Å². The van der Waals surface area contributed by atoms with Gasteiger partial charge in [0.15, 0.2) is 0 Å². The van der Waals surface area contributed by atoms with Crippen molar-refractivity contribution in [2.24, 2.45) is 0 Å². The van der Waals surface area contributed by atoms with Crippen LogP contribution < -0.4 is 0 Å². The summed E-state index contributed by atoms with van der Waals surface area (Å²) in [4.78, 5) is 4.32. The summed E-state index contributed by atoms with van der Waals surface area (Å²) in [5, 5.41) is -0.00296. The lowest BCUT2D eigenvalue weighted by molar-refractivity contribution is 0.960. The molecule has 1 atom stereocenters. The zero-order chi connectivity index (χ0) is 9.42. The Bertz CT molecular complexity index is 431. The second kappa shape index (κ2) is 3.04. The van der Waals surface area contributed by atoms with Crippen molar-refractivity contribution in [2.75, 3.05) is 0 Å². The zero-order valence-electron chi connectivity index (χ0n) is 7.66. The van der Waals surface area contributed by atoms with E-state index in [0.29, 0.717) is 0 Å². The van der Waals surface area contributed by atoms with Crippen molar-refractivity contribution in [3.05, 3.63) is 35.8 Å². The van der Waals surface area contributed by atoms with Gasteiger partial charge in [-0.1, -0.05) is 6.07 Å². The second-order valence-electron chi connectivity index (χ2n) is 3.18. The van der Waals surface area contributed by atoms with Gasteiger partial charge < -0.3 is 4.40 Å². The van der Waals surface area contributed by atoms with E-state index in [1.807, 2.05) is 42.8 Å². The molecule has 0 saturated carbocycles. The molecule has 0 amide bonds. The van der Waals surface area contributed by atoms with E-state index in [1.165, 1.54) is 5.56 Å². The number of pyridine rings is 1. The molecule has 13 heavy (non-hydrogen) atoms. The Balaban J connectivity index is 2.75. The monoisotopic (exact) mass is 194 g/mol. The molecular formula is C10H11ClN2. The Labute approximate surface area is 82.2 Å². The van der Waals surface area contributed by atoms with Crippen molar-refractivity contribution < 1.29 is 0 Å². The Kier molecular flexibility index (Phi) is 2.00. The van der Waals surface area contributed by atoms with E-state index in [9.17, 15) is 0 Å². The van der Waals surface area contributed by atoms with Crippen LogP contribution in [-0.4, -0.2) is 9.38 Å². The first-order valence-corrected chi connectivity index (χ1v) is 4.70. The second-order valence-corrected chi connectivity index (χ2v) is 3.84. The van der Waals surface area contributed by atoms with Gasteiger partial charge in [-0.05, 0) is 25.5 Å². The molecule has 0 bridgehead atoms. The van der Waals surface area contributed by atoms with Crippen LogP contribution in [-0.2, 0) is 0 Å². The molecule has 0 unspecified atom stereocenters. The van der Waals surface area contributed by atoms with Gasteiger partial charge in [0.2, 0.25) is 0 Å². The molecule has 2 aromatic heterocycles. The molecular weight excluding hydrogens is 184 g/mol. The standard InChI is InChI=1S/C10H11ClN2/c1-7-4-3-5-13-9(8(2)11)6-12-10(7)13/h3-6,8H,1-2H3/t8-/m0/s1. The highest BCUT2D eigenvalue weighted by Gasteiger charge is 2.08. The van der Waals surface area contributed by atoms with Gasteiger partial charge in [-0.3, -0.25) is 0 Å². The molecule has 3 heteroatoms. The highest BCUT2D eigenvalue weighted by atomic mass is 35.5. The van der Waals surface area contributed by atoms with E-state index >= 15 is 0 Å². The van der Waals surface area contributed by atoms with E-state index < -0.39 is 0 Å². The van der Waals surface area contributed by atoms with Crippen molar-refractivity contribution in [1.82, 2.24) is 9.38 Å². The fourth-order valence-corrected chi connectivity index (χ4v) is 1.63. The summed E-state index contributed by atoms with van der Waals surface area (Å²) < 4.78 is 2.03. The van der Waals surface area contributed by atoms with Crippen molar-refractivity contribution in [1.29, 1.82) is 0 Å². The quantitative estimate of drug-likeness (QED) is 0.638. The van der Waals surface area contributed by atoms with Crippen LogP contribution in [0.1, 0.15) is 23.6 Å². The van der Waals surface area contributed by atoms with Crippen LogP contribution in [0.4, 0.5) is 0 Å². The zero-order valence-corrected chi connectivity index (χ0v) is 8.42. The molecule has 0 aliphatic carbocycles. The smallest absolute Gasteiger partial charge is 0.139 e. The maximum atomic E-state index is 6.01. The number of fused-ring (bicyclic) bond motifs is 1. The first kappa shape index (κ1) is 8.57. The van der Waals surface area contributed by atoms with Gasteiger partial charge in [0.05, 0.1) is 17.3 Å². The third kappa shape index (κ3) is 1.31. The highest BCUT2D eigenvalue weighted by Crippen LogP contribution is 2.21. The van der Waals surface area contributed by atoms with Gasteiger partial charge >= 0.3 is 0 Å². The van der Waals surface area contributed by atoms with Crippen molar-refractivity contribution in [3.8, 4) is 0 Å². The number of hydrogen-bond acceptors (Lipinski definition) is 1. The first-order chi connectivity index (χ1) is 6.20. The summed E-state index contributed by atoms with van der Waals surface area (Å²) in [6, 6.07) is 4.05. The highest BCUT2D eigenvalue weighted by molar-refractivity contribution is 6.20. The van der Waals surface area contributed by atoms with Crippen LogP contribution in [0.5, 0.6) is 0 Å². The Morgan fingerprint density at radius 3 is 3.00 bits per heavy atom. The molecule has 2 rings (SSSR count). The molecule has 0 spiro atoms. The molecule has 0 aliphatic heterocycles. The molecule has 0 aromatic carbocycles. The lowest BCUT2D eigenvalue weighted by Crippen LogP contribution is -1.93.